The SMILES string of the molecule is Cc1cc(NC(=O)NC2COCC2C(=O)O)ccc1Br. The molecule has 0 aliphatic carbocycles. The highest BCUT2D eigenvalue weighted by atomic mass is 79.9. The van der Waals surface area contributed by atoms with Crippen molar-refractivity contribution in [3.05, 3.63) is 28.2 Å². The van der Waals surface area contributed by atoms with Crippen LogP contribution in [0, 0.1) is 12.8 Å². The monoisotopic (exact) mass is 342 g/mol. The van der Waals surface area contributed by atoms with Gasteiger partial charge in [0.2, 0.25) is 0 Å². The van der Waals surface area contributed by atoms with Crippen molar-refractivity contribution in [3.63, 3.8) is 0 Å². The van der Waals surface area contributed by atoms with Crippen LogP contribution in [-0.2, 0) is 9.53 Å². The number of urea groups is 1. The second-order valence-electron chi connectivity index (χ2n) is 4.65. The number of rotatable bonds is 3. The van der Waals surface area contributed by atoms with Crippen molar-refractivity contribution in [3.8, 4) is 0 Å². The maximum Gasteiger partial charge on any atom is 0.319 e. The van der Waals surface area contributed by atoms with Crippen molar-refractivity contribution >= 4 is 33.6 Å². The molecule has 1 aromatic rings. The Hall–Kier alpha value is -1.60. The number of benzene rings is 1. The predicted molar refractivity (Wildman–Crippen MR) is 76.8 cm³/mol. The number of carbonyl (C=O) groups is 2. The number of amides is 2. The molecule has 2 amide bonds. The van der Waals surface area contributed by atoms with Gasteiger partial charge in [0, 0.05) is 10.2 Å². The highest BCUT2D eigenvalue weighted by Crippen LogP contribution is 2.20. The molecule has 0 spiro atoms. The lowest BCUT2D eigenvalue weighted by molar-refractivity contribution is -0.142. The zero-order valence-electron chi connectivity index (χ0n) is 10.9. The maximum absolute atomic E-state index is 11.9. The number of carboxylic acid groups (broad SMARTS) is 1. The van der Waals surface area contributed by atoms with Gasteiger partial charge in [-0.2, -0.15) is 0 Å². The van der Waals surface area contributed by atoms with Gasteiger partial charge in [-0.1, -0.05) is 15.9 Å². The Morgan fingerprint density at radius 2 is 2.15 bits per heavy atom. The standard InChI is InChI=1S/C13H15BrN2O4/c1-7-4-8(2-3-10(7)14)15-13(19)16-11-6-20-5-9(11)12(17)18/h2-4,9,11H,5-6H2,1H3,(H,17,18)(H2,15,16,19). The van der Waals surface area contributed by atoms with Gasteiger partial charge in [0.05, 0.1) is 19.3 Å². The first-order chi connectivity index (χ1) is 9.47. The van der Waals surface area contributed by atoms with E-state index in [0.29, 0.717) is 5.69 Å². The molecule has 1 aliphatic heterocycles. The second kappa shape index (κ2) is 6.23. The van der Waals surface area contributed by atoms with Gasteiger partial charge in [0.25, 0.3) is 0 Å². The Morgan fingerprint density at radius 1 is 1.40 bits per heavy atom. The summed E-state index contributed by atoms with van der Waals surface area (Å²) in [6.07, 6.45) is 0. The van der Waals surface area contributed by atoms with E-state index in [9.17, 15) is 9.59 Å². The molecule has 2 rings (SSSR count). The number of halogens is 1. The number of ether oxygens (including phenoxy) is 1. The topological polar surface area (TPSA) is 87.7 Å². The maximum atomic E-state index is 11.9. The average molecular weight is 343 g/mol. The quantitative estimate of drug-likeness (QED) is 0.783. The summed E-state index contributed by atoms with van der Waals surface area (Å²) in [6.45, 7) is 2.25. The van der Waals surface area contributed by atoms with E-state index in [1.165, 1.54) is 0 Å². The van der Waals surface area contributed by atoms with Crippen LogP contribution in [0.25, 0.3) is 0 Å². The zero-order chi connectivity index (χ0) is 14.7. The van der Waals surface area contributed by atoms with Crippen LogP contribution in [0.3, 0.4) is 0 Å². The van der Waals surface area contributed by atoms with Gasteiger partial charge in [0.1, 0.15) is 5.92 Å². The van der Waals surface area contributed by atoms with Crippen molar-refractivity contribution in [2.75, 3.05) is 18.5 Å². The number of hydrogen-bond acceptors (Lipinski definition) is 3. The van der Waals surface area contributed by atoms with Crippen molar-refractivity contribution < 1.29 is 19.4 Å². The third-order valence-corrected chi connectivity index (χ3v) is 4.02. The zero-order valence-corrected chi connectivity index (χ0v) is 12.4. The molecule has 0 bridgehead atoms. The van der Waals surface area contributed by atoms with Crippen molar-refractivity contribution in [1.82, 2.24) is 5.32 Å². The molecule has 1 heterocycles. The summed E-state index contributed by atoms with van der Waals surface area (Å²) < 4.78 is 6.04. The molecule has 2 atom stereocenters. The van der Waals surface area contributed by atoms with Crippen LogP contribution in [0.4, 0.5) is 10.5 Å². The third-order valence-electron chi connectivity index (χ3n) is 3.13. The smallest absolute Gasteiger partial charge is 0.319 e. The first-order valence-corrected chi connectivity index (χ1v) is 6.91. The van der Waals surface area contributed by atoms with Crippen molar-refractivity contribution in [1.29, 1.82) is 0 Å². The van der Waals surface area contributed by atoms with E-state index in [0.717, 1.165) is 10.0 Å². The third kappa shape index (κ3) is 3.49. The van der Waals surface area contributed by atoms with Crippen LogP contribution in [0.15, 0.2) is 22.7 Å². The molecule has 3 N–H and O–H groups in total. The fourth-order valence-corrected chi connectivity index (χ4v) is 2.24. The van der Waals surface area contributed by atoms with Gasteiger partial charge in [0.15, 0.2) is 0 Å². The largest absolute Gasteiger partial charge is 0.481 e. The van der Waals surface area contributed by atoms with Crippen molar-refractivity contribution in [2.45, 2.75) is 13.0 Å². The van der Waals surface area contributed by atoms with E-state index in [-0.39, 0.29) is 13.2 Å². The van der Waals surface area contributed by atoms with Crippen LogP contribution < -0.4 is 10.6 Å². The summed E-state index contributed by atoms with van der Waals surface area (Å²) in [4.78, 5) is 22.8. The molecular formula is C13H15BrN2O4. The highest BCUT2D eigenvalue weighted by Gasteiger charge is 2.35. The molecule has 1 aromatic carbocycles. The Kier molecular flexibility index (Phi) is 4.61. The van der Waals surface area contributed by atoms with Crippen LogP contribution in [0.2, 0.25) is 0 Å². The van der Waals surface area contributed by atoms with Crippen LogP contribution in [0.1, 0.15) is 5.56 Å². The minimum Gasteiger partial charge on any atom is -0.481 e. The van der Waals surface area contributed by atoms with Crippen LogP contribution in [0.5, 0.6) is 0 Å². The van der Waals surface area contributed by atoms with E-state index in [1.54, 1.807) is 6.07 Å². The lowest BCUT2D eigenvalue weighted by Gasteiger charge is -2.16. The molecule has 1 saturated heterocycles. The number of carboxylic acids is 1. The molecule has 1 aliphatic rings. The molecule has 0 aromatic heterocycles. The molecule has 1 fully saturated rings. The normalized spacial score (nSPS) is 21.5. The molecular weight excluding hydrogens is 328 g/mol. The number of hydrogen-bond donors (Lipinski definition) is 3. The average Bonchev–Trinajstić information content (AvgIpc) is 2.82. The lowest BCUT2D eigenvalue weighted by atomic mass is 10.0. The Labute approximate surface area is 124 Å². The van der Waals surface area contributed by atoms with Crippen LogP contribution in [-0.4, -0.2) is 36.4 Å². The van der Waals surface area contributed by atoms with Gasteiger partial charge < -0.3 is 20.5 Å². The number of carbonyl (C=O) groups excluding carboxylic acids is 1. The van der Waals surface area contributed by atoms with E-state index >= 15 is 0 Å². The summed E-state index contributed by atoms with van der Waals surface area (Å²) >= 11 is 3.38. The minimum atomic E-state index is -0.965. The minimum absolute atomic E-state index is 0.123. The van der Waals surface area contributed by atoms with E-state index in [1.807, 2.05) is 19.1 Å². The molecule has 0 saturated carbocycles. The summed E-state index contributed by atoms with van der Waals surface area (Å²) in [5, 5.41) is 14.3. The Balaban J connectivity index is 1.95. The first-order valence-electron chi connectivity index (χ1n) is 6.11. The number of anilines is 1. The van der Waals surface area contributed by atoms with Gasteiger partial charge in [-0.05, 0) is 30.7 Å². The molecule has 6 nitrogen and oxygen atoms in total. The number of nitrogens with one attached hydrogen (secondary N) is 2. The first kappa shape index (κ1) is 14.8. The van der Waals surface area contributed by atoms with Gasteiger partial charge in [-0.25, -0.2) is 4.79 Å². The molecule has 2 unspecified atom stereocenters. The molecule has 7 heteroatoms. The highest BCUT2D eigenvalue weighted by molar-refractivity contribution is 9.10. The predicted octanol–water partition coefficient (Wildman–Crippen LogP) is 1.98. The van der Waals surface area contributed by atoms with E-state index in [4.69, 9.17) is 9.84 Å². The van der Waals surface area contributed by atoms with Gasteiger partial charge in [-0.3, -0.25) is 4.79 Å². The van der Waals surface area contributed by atoms with Gasteiger partial charge >= 0.3 is 12.0 Å². The summed E-state index contributed by atoms with van der Waals surface area (Å²) in [5.74, 6) is -1.67. The molecule has 0 radical (unpaired) electrons. The number of aryl methyl sites for hydroxylation is 1. The van der Waals surface area contributed by atoms with Crippen LogP contribution >= 0.6 is 15.9 Å². The Bertz CT molecular complexity index is 535. The van der Waals surface area contributed by atoms with E-state index < -0.39 is 24.0 Å². The fraction of sp³-hybridized carbons (Fsp3) is 0.385. The molecule has 20 heavy (non-hydrogen) atoms. The van der Waals surface area contributed by atoms with Crippen molar-refractivity contribution in [2.24, 2.45) is 5.92 Å². The second-order valence-corrected chi connectivity index (χ2v) is 5.51. The van der Waals surface area contributed by atoms with E-state index in [2.05, 4.69) is 26.6 Å². The summed E-state index contributed by atoms with van der Waals surface area (Å²) in [7, 11) is 0. The fourth-order valence-electron chi connectivity index (χ4n) is 2.00. The summed E-state index contributed by atoms with van der Waals surface area (Å²) in [6, 6.07) is 4.47. The lowest BCUT2D eigenvalue weighted by Crippen LogP contribution is -2.44. The Morgan fingerprint density at radius 3 is 2.80 bits per heavy atom. The van der Waals surface area contributed by atoms with Gasteiger partial charge in [-0.15, -0.1) is 0 Å². The number of aliphatic carboxylic acids is 1. The summed E-state index contributed by atoms with van der Waals surface area (Å²) in [5.41, 5.74) is 1.64. The molecule has 108 valence electrons.